The summed E-state index contributed by atoms with van der Waals surface area (Å²) in [4.78, 5) is 49.5. The number of unbranched alkanes of at least 4 members (excludes halogenated alkanes) is 1. The summed E-state index contributed by atoms with van der Waals surface area (Å²) in [5, 5.41) is 12.1. The van der Waals surface area contributed by atoms with Gasteiger partial charge < -0.3 is 20.2 Å². The van der Waals surface area contributed by atoms with Crippen LogP contribution in [-0.4, -0.2) is 63.1 Å². The summed E-state index contributed by atoms with van der Waals surface area (Å²) in [6.45, 7) is 1.91. The number of carbonyl (C=O) groups is 3. The minimum Gasteiger partial charge on any atom is -0.480 e. The Balaban J connectivity index is 1.56. The summed E-state index contributed by atoms with van der Waals surface area (Å²) in [6, 6.07) is 8.28. The Bertz CT molecular complexity index is 908. The molecule has 34 heavy (non-hydrogen) atoms. The first-order chi connectivity index (χ1) is 16.2. The molecular formula is C25H37N2O6P. The number of aryl methyl sites for hydroxylation is 1. The third-order valence-corrected chi connectivity index (χ3v) is 9.78. The fraction of sp³-hybridized carbons (Fsp3) is 0.640. The summed E-state index contributed by atoms with van der Waals surface area (Å²) in [5.74, 6) is -2.44. The summed E-state index contributed by atoms with van der Waals surface area (Å²) in [7, 11) is -3.54. The lowest BCUT2D eigenvalue weighted by atomic mass is 9.88. The van der Waals surface area contributed by atoms with Gasteiger partial charge in [-0.05, 0) is 57.4 Å². The molecule has 0 spiro atoms. The maximum Gasteiger partial charge on any atom is 0.326 e. The number of carbonyl (C=O) groups excluding carboxylic acids is 2. The zero-order valence-electron chi connectivity index (χ0n) is 19.9. The zero-order valence-corrected chi connectivity index (χ0v) is 20.8. The minimum atomic E-state index is -3.54. The van der Waals surface area contributed by atoms with E-state index in [9.17, 15) is 28.9 Å². The monoisotopic (exact) mass is 492 g/mol. The van der Waals surface area contributed by atoms with Crippen LogP contribution in [0, 0.1) is 5.92 Å². The Morgan fingerprint density at radius 1 is 1.09 bits per heavy atom. The van der Waals surface area contributed by atoms with Gasteiger partial charge in [0.15, 0.2) is 0 Å². The molecule has 1 aromatic rings. The van der Waals surface area contributed by atoms with Crippen molar-refractivity contribution < 1.29 is 28.9 Å². The first kappa shape index (κ1) is 26.4. The molecule has 2 fully saturated rings. The molecule has 1 aliphatic heterocycles. The molecule has 188 valence electrons. The van der Waals surface area contributed by atoms with Crippen molar-refractivity contribution in [2.45, 2.75) is 82.5 Å². The SMILES string of the molecule is C[C@H](NC(=O)C1CCCCC1P(=O)(O)CCCCc1ccccc1)C(=O)N1CCC[C@H]1C(=O)O. The molecule has 9 heteroatoms. The van der Waals surface area contributed by atoms with Gasteiger partial charge in [-0.1, -0.05) is 43.2 Å². The van der Waals surface area contributed by atoms with Crippen LogP contribution in [0.25, 0.3) is 0 Å². The fourth-order valence-corrected chi connectivity index (χ4v) is 7.74. The molecule has 0 radical (unpaired) electrons. The van der Waals surface area contributed by atoms with Gasteiger partial charge in [0.2, 0.25) is 19.2 Å². The van der Waals surface area contributed by atoms with Crippen LogP contribution in [0.1, 0.15) is 63.9 Å². The van der Waals surface area contributed by atoms with Crippen molar-refractivity contribution in [1.29, 1.82) is 0 Å². The predicted molar refractivity (Wildman–Crippen MR) is 130 cm³/mol. The summed E-state index contributed by atoms with van der Waals surface area (Å²) in [6.07, 6.45) is 6.16. The maximum absolute atomic E-state index is 13.3. The number of benzene rings is 1. The molecule has 3 unspecified atom stereocenters. The van der Waals surface area contributed by atoms with Crippen molar-refractivity contribution in [3.05, 3.63) is 35.9 Å². The molecule has 8 nitrogen and oxygen atoms in total. The van der Waals surface area contributed by atoms with Crippen LogP contribution < -0.4 is 5.32 Å². The third-order valence-electron chi connectivity index (χ3n) is 7.17. The van der Waals surface area contributed by atoms with Gasteiger partial charge in [0.25, 0.3) is 0 Å². The topological polar surface area (TPSA) is 124 Å². The van der Waals surface area contributed by atoms with Crippen molar-refractivity contribution in [2.75, 3.05) is 12.7 Å². The van der Waals surface area contributed by atoms with E-state index in [0.717, 1.165) is 25.7 Å². The number of nitrogens with zero attached hydrogens (tertiary/aromatic N) is 1. The second kappa shape index (κ2) is 12.0. The molecule has 3 N–H and O–H groups in total. The van der Waals surface area contributed by atoms with Gasteiger partial charge >= 0.3 is 5.97 Å². The molecule has 2 amide bonds. The van der Waals surface area contributed by atoms with E-state index in [0.29, 0.717) is 38.6 Å². The van der Waals surface area contributed by atoms with E-state index < -0.39 is 42.9 Å². The minimum absolute atomic E-state index is 0.191. The molecule has 0 aromatic heterocycles. The highest BCUT2D eigenvalue weighted by atomic mass is 31.2. The highest BCUT2D eigenvalue weighted by Gasteiger charge is 2.43. The highest BCUT2D eigenvalue weighted by molar-refractivity contribution is 7.58. The smallest absolute Gasteiger partial charge is 0.326 e. The summed E-state index contributed by atoms with van der Waals surface area (Å²) >= 11 is 0. The van der Waals surface area contributed by atoms with Crippen molar-refractivity contribution in [2.24, 2.45) is 5.92 Å². The summed E-state index contributed by atoms with van der Waals surface area (Å²) < 4.78 is 13.3. The molecule has 1 aromatic carbocycles. The molecule has 1 heterocycles. The van der Waals surface area contributed by atoms with Crippen molar-refractivity contribution >= 4 is 25.2 Å². The third kappa shape index (κ3) is 6.70. The van der Waals surface area contributed by atoms with Crippen LogP contribution >= 0.6 is 7.37 Å². The molecule has 0 bridgehead atoms. The van der Waals surface area contributed by atoms with E-state index >= 15 is 0 Å². The lowest BCUT2D eigenvalue weighted by molar-refractivity contribution is -0.149. The van der Waals surface area contributed by atoms with Gasteiger partial charge in [-0.15, -0.1) is 0 Å². The molecule has 1 saturated carbocycles. The van der Waals surface area contributed by atoms with E-state index in [4.69, 9.17) is 0 Å². The lowest BCUT2D eigenvalue weighted by Gasteiger charge is -2.34. The van der Waals surface area contributed by atoms with Crippen molar-refractivity contribution in [3.8, 4) is 0 Å². The van der Waals surface area contributed by atoms with Crippen molar-refractivity contribution in [1.82, 2.24) is 10.2 Å². The predicted octanol–water partition coefficient (Wildman–Crippen LogP) is 3.42. The number of nitrogens with one attached hydrogen (secondary N) is 1. The van der Waals surface area contributed by atoms with Gasteiger partial charge in [-0.25, -0.2) is 4.79 Å². The Morgan fingerprint density at radius 3 is 2.50 bits per heavy atom. The average Bonchev–Trinajstić information content (AvgIpc) is 3.32. The molecular weight excluding hydrogens is 455 g/mol. The van der Waals surface area contributed by atoms with Gasteiger partial charge in [-0.3, -0.25) is 14.2 Å². The Kier molecular flexibility index (Phi) is 9.31. The van der Waals surface area contributed by atoms with Gasteiger partial charge in [-0.2, -0.15) is 0 Å². The number of carboxylic acids is 1. The van der Waals surface area contributed by atoms with Gasteiger partial charge in [0.05, 0.1) is 0 Å². The lowest BCUT2D eigenvalue weighted by Crippen LogP contribution is -2.52. The first-order valence-corrected chi connectivity index (χ1v) is 14.3. The number of likely N-dealkylation sites (tertiary alicyclic amines) is 1. The van der Waals surface area contributed by atoms with Crippen LogP contribution in [0.3, 0.4) is 0 Å². The van der Waals surface area contributed by atoms with Gasteiger partial charge in [0.1, 0.15) is 12.1 Å². The normalized spacial score (nSPS) is 25.4. The second-order valence-electron chi connectivity index (χ2n) is 9.64. The van der Waals surface area contributed by atoms with E-state index in [2.05, 4.69) is 5.32 Å². The van der Waals surface area contributed by atoms with Crippen LogP contribution in [0.15, 0.2) is 30.3 Å². The number of rotatable bonds is 10. The van der Waals surface area contributed by atoms with Crippen LogP contribution in [0.2, 0.25) is 0 Å². The Hall–Kier alpha value is -2.18. The molecule has 2 aliphatic rings. The van der Waals surface area contributed by atoms with E-state index in [1.54, 1.807) is 6.92 Å². The second-order valence-corrected chi connectivity index (χ2v) is 12.3. The zero-order chi connectivity index (χ0) is 24.7. The van der Waals surface area contributed by atoms with E-state index in [-0.39, 0.29) is 12.1 Å². The first-order valence-electron chi connectivity index (χ1n) is 12.4. The highest BCUT2D eigenvalue weighted by Crippen LogP contribution is 2.54. The number of hydrogen-bond donors (Lipinski definition) is 3. The maximum atomic E-state index is 13.3. The number of carboxylic acid groups (broad SMARTS) is 1. The fourth-order valence-electron chi connectivity index (χ4n) is 5.30. The molecule has 5 atom stereocenters. The number of amides is 2. The number of aliphatic carboxylic acids is 1. The standard InChI is InChI=1S/C25H37N2O6P/c1-18(24(29)27-16-9-14-21(27)25(30)31)26-23(28)20-13-5-6-15-22(20)34(32,33)17-8-7-12-19-10-3-2-4-11-19/h2-4,10-11,18,20-22H,5-9,12-17H2,1H3,(H,26,28)(H,30,31)(H,32,33)/t18-,20?,21-,22?/m0/s1. The molecule has 1 saturated heterocycles. The summed E-state index contributed by atoms with van der Waals surface area (Å²) in [5.41, 5.74) is 0.603. The number of hydrogen-bond acceptors (Lipinski definition) is 4. The van der Waals surface area contributed by atoms with Gasteiger partial charge in [0, 0.05) is 24.3 Å². The van der Waals surface area contributed by atoms with E-state index in [1.807, 2.05) is 30.3 Å². The van der Waals surface area contributed by atoms with E-state index in [1.165, 1.54) is 10.5 Å². The Morgan fingerprint density at radius 2 is 1.79 bits per heavy atom. The molecule has 1 aliphatic carbocycles. The van der Waals surface area contributed by atoms with Crippen LogP contribution in [0.5, 0.6) is 0 Å². The van der Waals surface area contributed by atoms with Crippen LogP contribution in [0.4, 0.5) is 0 Å². The largest absolute Gasteiger partial charge is 0.480 e. The van der Waals surface area contributed by atoms with Crippen molar-refractivity contribution in [3.63, 3.8) is 0 Å². The Labute approximate surface area is 201 Å². The molecule has 3 rings (SSSR count). The quantitative estimate of drug-likeness (QED) is 0.340. The average molecular weight is 493 g/mol. The van der Waals surface area contributed by atoms with Crippen LogP contribution in [-0.2, 0) is 25.4 Å².